The maximum absolute atomic E-state index is 13.6. The van der Waals surface area contributed by atoms with Crippen LogP contribution in [0.5, 0.6) is 11.5 Å². The van der Waals surface area contributed by atoms with E-state index in [9.17, 15) is 9.50 Å². The van der Waals surface area contributed by atoms with Crippen molar-refractivity contribution in [3.8, 4) is 11.5 Å². The molecule has 0 bridgehead atoms. The zero-order chi connectivity index (χ0) is 14.7. The van der Waals surface area contributed by atoms with Gasteiger partial charge < -0.3 is 15.2 Å². The molecule has 0 radical (unpaired) electrons. The lowest BCUT2D eigenvalue weighted by molar-refractivity contribution is 0.386. The summed E-state index contributed by atoms with van der Waals surface area (Å²) in [4.78, 5) is 0. The van der Waals surface area contributed by atoms with Crippen LogP contribution in [0, 0.1) is 19.7 Å². The van der Waals surface area contributed by atoms with Crippen LogP contribution >= 0.6 is 0 Å². The van der Waals surface area contributed by atoms with Crippen molar-refractivity contribution in [3.63, 3.8) is 0 Å². The lowest BCUT2D eigenvalue weighted by Crippen LogP contribution is -2.01. The number of rotatable bonds is 4. The van der Waals surface area contributed by atoms with Gasteiger partial charge in [0.2, 0.25) is 0 Å². The summed E-state index contributed by atoms with van der Waals surface area (Å²) in [6, 6.07) is 8.58. The van der Waals surface area contributed by atoms with Gasteiger partial charge in [-0.2, -0.15) is 0 Å². The topological polar surface area (TPSA) is 41.5 Å². The van der Waals surface area contributed by atoms with Crippen molar-refractivity contribution in [2.24, 2.45) is 0 Å². The van der Waals surface area contributed by atoms with Gasteiger partial charge >= 0.3 is 0 Å². The number of phenols is 1. The van der Waals surface area contributed by atoms with Gasteiger partial charge in [-0.25, -0.2) is 4.39 Å². The minimum absolute atomic E-state index is 0.229. The molecule has 106 valence electrons. The van der Waals surface area contributed by atoms with Crippen molar-refractivity contribution in [2.75, 3.05) is 12.4 Å². The molecule has 2 rings (SSSR count). The Morgan fingerprint density at radius 2 is 1.80 bits per heavy atom. The number of nitrogens with one attached hydrogen (secondary N) is 1. The Morgan fingerprint density at radius 3 is 2.35 bits per heavy atom. The smallest absolute Gasteiger partial charge is 0.167 e. The Bertz CT molecular complexity index is 603. The molecule has 0 unspecified atom stereocenters. The Hall–Kier alpha value is -2.23. The second-order valence-corrected chi connectivity index (χ2v) is 4.78. The molecule has 2 aromatic rings. The number of anilines is 1. The number of ether oxygens (including phenoxy) is 1. The summed E-state index contributed by atoms with van der Waals surface area (Å²) < 4.78 is 18.4. The van der Waals surface area contributed by atoms with Crippen LogP contribution in [0.1, 0.15) is 16.7 Å². The lowest BCUT2D eigenvalue weighted by atomic mass is 10.1. The fourth-order valence-electron chi connectivity index (χ4n) is 2.13. The van der Waals surface area contributed by atoms with Gasteiger partial charge in [-0.15, -0.1) is 0 Å². The van der Waals surface area contributed by atoms with Gasteiger partial charge in [0, 0.05) is 18.3 Å². The van der Waals surface area contributed by atoms with E-state index in [4.69, 9.17) is 4.74 Å². The molecule has 0 fully saturated rings. The standard InChI is InChI=1S/C16H18FNO2/c1-10-6-12(7-11(2)16(10)19)9-18-13-4-5-15(20-3)14(17)8-13/h4-8,18-19H,9H2,1-3H3. The number of halogens is 1. The Labute approximate surface area is 118 Å². The summed E-state index contributed by atoms with van der Waals surface area (Å²) in [5.74, 6) is 0.159. The predicted octanol–water partition coefficient (Wildman–Crippen LogP) is 3.77. The third-order valence-corrected chi connectivity index (χ3v) is 3.20. The predicted molar refractivity (Wildman–Crippen MR) is 77.9 cm³/mol. The third kappa shape index (κ3) is 3.02. The maximum Gasteiger partial charge on any atom is 0.167 e. The van der Waals surface area contributed by atoms with Crippen molar-refractivity contribution in [3.05, 3.63) is 52.8 Å². The molecular weight excluding hydrogens is 257 g/mol. The molecule has 0 spiro atoms. The molecule has 0 aromatic heterocycles. The average Bonchev–Trinajstić information content (AvgIpc) is 2.42. The highest BCUT2D eigenvalue weighted by molar-refractivity contribution is 5.49. The van der Waals surface area contributed by atoms with Crippen LogP contribution < -0.4 is 10.1 Å². The van der Waals surface area contributed by atoms with Gasteiger partial charge in [0.15, 0.2) is 11.6 Å². The lowest BCUT2D eigenvalue weighted by Gasteiger charge is -2.11. The number of phenolic OH excluding ortho intramolecular Hbond substituents is 1. The summed E-state index contributed by atoms with van der Waals surface area (Å²) in [5, 5.41) is 12.9. The highest BCUT2D eigenvalue weighted by Gasteiger charge is 2.05. The van der Waals surface area contributed by atoms with Gasteiger partial charge in [-0.3, -0.25) is 0 Å². The molecule has 0 aliphatic rings. The van der Waals surface area contributed by atoms with Crippen LogP contribution in [0.2, 0.25) is 0 Å². The maximum atomic E-state index is 13.6. The number of aryl methyl sites for hydroxylation is 2. The fourth-order valence-corrected chi connectivity index (χ4v) is 2.13. The van der Waals surface area contributed by atoms with Gasteiger partial charge in [0.05, 0.1) is 7.11 Å². The van der Waals surface area contributed by atoms with E-state index in [1.54, 1.807) is 12.1 Å². The second kappa shape index (κ2) is 5.82. The largest absolute Gasteiger partial charge is 0.507 e. The van der Waals surface area contributed by atoms with Crippen LogP contribution in [-0.4, -0.2) is 12.2 Å². The molecule has 2 N–H and O–H groups in total. The quantitative estimate of drug-likeness (QED) is 0.892. The number of methoxy groups -OCH3 is 1. The van der Waals surface area contributed by atoms with Crippen molar-refractivity contribution < 1.29 is 14.2 Å². The molecule has 0 heterocycles. The fraction of sp³-hybridized carbons (Fsp3) is 0.250. The van der Waals surface area contributed by atoms with E-state index in [-0.39, 0.29) is 5.75 Å². The molecule has 2 aromatic carbocycles. The first-order chi connectivity index (χ1) is 9.51. The molecular formula is C16H18FNO2. The molecule has 0 amide bonds. The third-order valence-electron chi connectivity index (χ3n) is 3.20. The molecule has 0 saturated heterocycles. The Kier molecular flexibility index (Phi) is 4.13. The monoisotopic (exact) mass is 275 g/mol. The van der Waals surface area contributed by atoms with Crippen LogP contribution in [0.3, 0.4) is 0 Å². The first-order valence-corrected chi connectivity index (χ1v) is 6.37. The molecule has 0 aliphatic heterocycles. The SMILES string of the molecule is COc1ccc(NCc2cc(C)c(O)c(C)c2)cc1F. The van der Waals surface area contributed by atoms with Crippen molar-refractivity contribution in [1.82, 2.24) is 0 Å². The van der Waals surface area contributed by atoms with Gasteiger partial charge in [-0.1, -0.05) is 12.1 Å². The summed E-state index contributed by atoms with van der Waals surface area (Å²) in [7, 11) is 1.44. The minimum Gasteiger partial charge on any atom is -0.507 e. The summed E-state index contributed by atoms with van der Waals surface area (Å²) in [6.45, 7) is 4.28. The normalized spacial score (nSPS) is 10.4. The van der Waals surface area contributed by atoms with E-state index in [2.05, 4.69) is 5.32 Å². The molecule has 0 atom stereocenters. The Balaban J connectivity index is 2.11. The first-order valence-electron chi connectivity index (χ1n) is 6.37. The van der Waals surface area contributed by atoms with Gasteiger partial charge in [0.25, 0.3) is 0 Å². The van der Waals surface area contributed by atoms with Crippen molar-refractivity contribution in [1.29, 1.82) is 0 Å². The van der Waals surface area contributed by atoms with Crippen molar-refractivity contribution in [2.45, 2.75) is 20.4 Å². The van der Waals surface area contributed by atoms with Crippen molar-refractivity contribution >= 4 is 5.69 Å². The van der Waals surface area contributed by atoms with Crippen LogP contribution in [0.4, 0.5) is 10.1 Å². The van der Waals surface area contributed by atoms with E-state index < -0.39 is 5.82 Å². The van der Waals surface area contributed by atoms with Crippen LogP contribution in [0.15, 0.2) is 30.3 Å². The minimum atomic E-state index is -0.393. The van der Waals surface area contributed by atoms with E-state index in [0.717, 1.165) is 16.7 Å². The molecule has 3 nitrogen and oxygen atoms in total. The van der Waals surface area contributed by atoms with Gasteiger partial charge in [-0.05, 0) is 42.7 Å². The summed E-state index contributed by atoms with van der Waals surface area (Å²) >= 11 is 0. The average molecular weight is 275 g/mol. The summed E-state index contributed by atoms with van der Waals surface area (Å²) in [6.07, 6.45) is 0. The van der Waals surface area contributed by atoms with E-state index in [1.807, 2.05) is 26.0 Å². The zero-order valence-electron chi connectivity index (χ0n) is 11.8. The summed E-state index contributed by atoms with van der Waals surface area (Å²) in [5.41, 5.74) is 3.39. The molecule has 4 heteroatoms. The molecule has 0 aliphatic carbocycles. The van der Waals surface area contributed by atoms with Crippen LogP contribution in [0.25, 0.3) is 0 Å². The number of benzene rings is 2. The van der Waals surface area contributed by atoms with Crippen LogP contribution in [-0.2, 0) is 6.54 Å². The van der Waals surface area contributed by atoms with E-state index >= 15 is 0 Å². The number of hydrogen-bond acceptors (Lipinski definition) is 3. The molecule has 0 saturated carbocycles. The zero-order valence-corrected chi connectivity index (χ0v) is 11.8. The number of hydrogen-bond donors (Lipinski definition) is 2. The first kappa shape index (κ1) is 14.2. The van der Waals surface area contributed by atoms with E-state index in [1.165, 1.54) is 13.2 Å². The highest BCUT2D eigenvalue weighted by Crippen LogP contribution is 2.24. The van der Waals surface area contributed by atoms with E-state index in [0.29, 0.717) is 18.0 Å². The molecule has 20 heavy (non-hydrogen) atoms. The Morgan fingerprint density at radius 1 is 1.15 bits per heavy atom. The highest BCUT2D eigenvalue weighted by atomic mass is 19.1. The number of aromatic hydroxyl groups is 1. The second-order valence-electron chi connectivity index (χ2n) is 4.78. The van der Waals surface area contributed by atoms with Gasteiger partial charge in [0.1, 0.15) is 5.75 Å².